The molecule has 4 heterocycles. The van der Waals surface area contributed by atoms with E-state index in [9.17, 15) is 19.5 Å². The van der Waals surface area contributed by atoms with Crippen LogP contribution in [0.3, 0.4) is 0 Å². The third kappa shape index (κ3) is 6.42. The van der Waals surface area contributed by atoms with E-state index in [1.54, 1.807) is 37.5 Å². The Morgan fingerprint density at radius 3 is 1.70 bits per heavy atom. The van der Waals surface area contributed by atoms with E-state index in [0.717, 1.165) is 11.1 Å². The Balaban J connectivity index is 0.000000181. The molecule has 10 nitrogen and oxygen atoms in total. The second-order valence-corrected chi connectivity index (χ2v) is 11.7. The number of aromatic nitrogens is 6. The number of hydrogen-bond acceptors (Lipinski definition) is 6. The molecule has 0 bridgehead atoms. The van der Waals surface area contributed by atoms with Crippen molar-refractivity contribution in [2.24, 2.45) is 0 Å². The number of rotatable bonds is 8. The van der Waals surface area contributed by atoms with Gasteiger partial charge in [0.25, 0.3) is 0 Å². The number of ketones is 1. The molecule has 6 aromatic rings. The van der Waals surface area contributed by atoms with Crippen LogP contribution in [0.2, 0.25) is 10.0 Å². The van der Waals surface area contributed by atoms with E-state index in [-0.39, 0.29) is 17.2 Å². The second kappa shape index (κ2) is 13.9. The summed E-state index contributed by atoms with van der Waals surface area (Å²) in [4.78, 5) is 37.9. The van der Waals surface area contributed by atoms with E-state index in [0.29, 0.717) is 69.8 Å². The van der Waals surface area contributed by atoms with Crippen molar-refractivity contribution in [1.29, 1.82) is 0 Å². The summed E-state index contributed by atoms with van der Waals surface area (Å²) in [7, 11) is 0. The Morgan fingerprint density at radius 1 is 0.761 bits per heavy atom. The summed E-state index contributed by atoms with van der Waals surface area (Å²) in [5, 5.41) is 19.6. The minimum atomic E-state index is -0.734. The third-order valence-corrected chi connectivity index (χ3v) is 8.66. The van der Waals surface area contributed by atoms with E-state index < -0.39 is 6.10 Å². The lowest BCUT2D eigenvalue weighted by Gasteiger charge is -2.17. The van der Waals surface area contributed by atoms with Gasteiger partial charge in [-0.25, -0.2) is 9.59 Å². The van der Waals surface area contributed by atoms with E-state index in [2.05, 4.69) is 10.2 Å². The zero-order valence-corrected chi connectivity index (χ0v) is 27.5. The van der Waals surface area contributed by atoms with Gasteiger partial charge in [-0.1, -0.05) is 97.7 Å². The van der Waals surface area contributed by atoms with Gasteiger partial charge >= 0.3 is 11.4 Å². The van der Waals surface area contributed by atoms with Crippen molar-refractivity contribution in [1.82, 2.24) is 28.4 Å². The molecule has 1 N–H and O–H groups in total. The molecule has 6 rings (SSSR count). The highest BCUT2D eigenvalue weighted by Crippen LogP contribution is 2.25. The average molecular weight is 662 g/mol. The standard InChI is InChI=1S/C17H18ClN3O2.C17H16ClN3O2/c2*1-3-15(22)13-9-14-16(18)11(2)19-21(14)17(23)20(13)10-12-7-5-4-6-8-12/h4-9,15,22H,3,10H2,1-2H3;4-9H,3,10H2,1-2H3. The van der Waals surface area contributed by atoms with Crippen LogP contribution in [0.15, 0.2) is 82.4 Å². The quantitative estimate of drug-likeness (QED) is 0.199. The predicted octanol–water partition coefficient (Wildman–Crippen LogP) is 6.05. The molecule has 4 aromatic heterocycles. The van der Waals surface area contributed by atoms with Gasteiger partial charge in [0.15, 0.2) is 5.78 Å². The first-order valence-corrected chi connectivity index (χ1v) is 15.7. The SMILES string of the molecule is CCC(=O)c1cc2c(Cl)c(C)nn2c(=O)n1Cc1ccccc1.CCC(O)c1cc2c(Cl)c(C)nn2c(=O)n1Cc1ccccc1. The number of benzene rings is 2. The lowest BCUT2D eigenvalue weighted by Crippen LogP contribution is -2.32. The molecule has 46 heavy (non-hydrogen) atoms. The van der Waals surface area contributed by atoms with Gasteiger partial charge < -0.3 is 5.11 Å². The third-order valence-electron chi connectivity index (χ3n) is 7.73. The van der Waals surface area contributed by atoms with Gasteiger partial charge in [-0.3, -0.25) is 13.9 Å². The van der Waals surface area contributed by atoms with Gasteiger partial charge in [-0.05, 0) is 43.5 Å². The van der Waals surface area contributed by atoms with Crippen molar-refractivity contribution in [2.45, 2.75) is 59.7 Å². The number of carbonyl (C=O) groups excluding carboxylic acids is 1. The van der Waals surface area contributed by atoms with Crippen molar-refractivity contribution in [3.63, 3.8) is 0 Å². The van der Waals surface area contributed by atoms with E-state index in [1.165, 1.54) is 13.6 Å². The highest BCUT2D eigenvalue weighted by molar-refractivity contribution is 6.34. The van der Waals surface area contributed by atoms with Crippen LogP contribution in [0, 0.1) is 13.8 Å². The van der Waals surface area contributed by atoms with Crippen LogP contribution in [0.4, 0.5) is 0 Å². The van der Waals surface area contributed by atoms with E-state index in [1.807, 2.05) is 67.6 Å². The first kappa shape index (κ1) is 32.9. The predicted molar refractivity (Wildman–Crippen MR) is 179 cm³/mol. The Hall–Kier alpha value is -4.51. The fourth-order valence-electron chi connectivity index (χ4n) is 5.20. The van der Waals surface area contributed by atoms with Gasteiger partial charge in [0.1, 0.15) is 0 Å². The Labute approximate surface area is 275 Å². The summed E-state index contributed by atoms with van der Waals surface area (Å²) in [6, 6.07) is 22.6. The molecular formula is C34H34Cl2N6O4. The fraction of sp³-hybridized carbons (Fsp3) is 0.265. The van der Waals surface area contributed by atoms with Crippen LogP contribution in [-0.2, 0) is 13.1 Å². The first-order valence-electron chi connectivity index (χ1n) is 14.9. The van der Waals surface area contributed by atoms with Gasteiger partial charge in [-0.2, -0.15) is 19.2 Å². The summed E-state index contributed by atoms with van der Waals surface area (Å²) in [5.74, 6) is -0.101. The maximum absolute atomic E-state index is 12.8. The molecule has 0 amide bonds. The molecule has 0 aliphatic carbocycles. The highest BCUT2D eigenvalue weighted by Gasteiger charge is 2.20. The van der Waals surface area contributed by atoms with Crippen LogP contribution in [-0.4, -0.2) is 39.3 Å². The molecule has 0 spiro atoms. The topological polar surface area (TPSA) is 116 Å². The normalized spacial score (nSPS) is 11.9. The number of carbonyl (C=O) groups is 1. The highest BCUT2D eigenvalue weighted by atomic mass is 35.5. The minimum Gasteiger partial charge on any atom is -0.387 e. The fourth-order valence-corrected chi connectivity index (χ4v) is 5.55. The summed E-state index contributed by atoms with van der Waals surface area (Å²) < 4.78 is 5.57. The monoisotopic (exact) mass is 660 g/mol. The molecule has 0 radical (unpaired) electrons. The number of hydrogen-bond donors (Lipinski definition) is 1. The molecule has 1 unspecified atom stereocenters. The van der Waals surface area contributed by atoms with Gasteiger partial charge in [0.2, 0.25) is 0 Å². The largest absolute Gasteiger partial charge is 0.387 e. The molecule has 0 saturated heterocycles. The zero-order chi connectivity index (χ0) is 33.1. The molecule has 0 fully saturated rings. The first-order chi connectivity index (χ1) is 22.0. The molecular weight excluding hydrogens is 627 g/mol. The van der Waals surface area contributed by atoms with Crippen LogP contribution >= 0.6 is 23.2 Å². The molecule has 2 aromatic carbocycles. The number of aliphatic hydroxyl groups is 1. The number of aliphatic hydroxyl groups excluding tert-OH is 1. The van der Waals surface area contributed by atoms with Crippen molar-refractivity contribution in [3.05, 3.63) is 138 Å². The lowest BCUT2D eigenvalue weighted by atomic mass is 10.1. The summed E-state index contributed by atoms with van der Waals surface area (Å²) in [6.45, 7) is 7.82. The number of aryl methyl sites for hydroxylation is 2. The van der Waals surface area contributed by atoms with E-state index >= 15 is 0 Å². The molecule has 1 atom stereocenters. The lowest BCUT2D eigenvalue weighted by molar-refractivity contribution is 0.0978. The molecule has 0 aliphatic rings. The summed E-state index contributed by atoms with van der Waals surface area (Å²) >= 11 is 12.4. The smallest absolute Gasteiger partial charge is 0.350 e. The van der Waals surface area contributed by atoms with Crippen molar-refractivity contribution < 1.29 is 9.90 Å². The molecule has 0 saturated carbocycles. The Kier molecular flexibility index (Phi) is 9.91. The van der Waals surface area contributed by atoms with Crippen molar-refractivity contribution in [2.75, 3.05) is 0 Å². The zero-order valence-electron chi connectivity index (χ0n) is 25.9. The van der Waals surface area contributed by atoms with Crippen LogP contribution in [0.5, 0.6) is 0 Å². The Bertz CT molecular complexity index is 2150. The number of fused-ring (bicyclic) bond motifs is 2. The van der Waals surface area contributed by atoms with Crippen molar-refractivity contribution in [3.8, 4) is 0 Å². The number of nitrogens with zero attached hydrogens (tertiary/aromatic N) is 6. The minimum absolute atomic E-state index is 0.101. The van der Waals surface area contributed by atoms with Gasteiger partial charge in [0.05, 0.1) is 63.0 Å². The molecule has 12 heteroatoms. The second-order valence-electron chi connectivity index (χ2n) is 10.9. The number of halogens is 2. The summed E-state index contributed by atoms with van der Waals surface area (Å²) in [6.07, 6.45) is 0.0901. The average Bonchev–Trinajstić information content (AvgIpc) is 3.53. The maximum atomic E-state index is 12.8. The Morgan fingerprint density at radius 2 is 1.22 bits per heavy atom. The van der Waals surface area contributed by atoms with Gasteiger partial charge in [-0.15, -0.1) is 0 Å². The van der Waals surface area contributed by atoms with E-state index in [4.69, 9.17) is 23.2 Å². The van der Waals surface area contributed by atoms with Crippen LogP contribution in [0.25, 0.3) is 11.0 Å². The molecule has 0 aliphatic heterocycles. The van der Waals surface area contributed by atoms with Crippen LogP contribution in [0.1, 0.15) is 71.5 Å². The number of Topliss-reactive ketones (excluding diaryl/α,β-unsaturated/α-hetero) is 1. The van der Waals surface area contributed by atoms with Crippen molar-refractivity contribution >= 4 is 40.0 Å². The maximum Gasteiger partial charge on any atom is 0.350 e. The van der Waals surface area contributed by atoms with Gasteiger partial charge in [0, 0.05) is 6.42 Å². The van der Waals surface area contributed by atoms with Crippen LogP contribution < -0.4 is 11.4 Å². The summed E-state index contributed by atoms with van der Waals surface area (Å²) in [5.41, 5.74) is 4.32. The molecule has 238 valence electrons.